The smallest absolute Gasteiger partial charge is 0.267 e. The Bertz CT molecular complexity index is 627. The van der Waals surface area contributed by atoms with Crippen LogP contribution in [0.2, 0.25) is 0 Å². The van der Waals surface area contributed by atoms with Crippen molar-refractivity contribution in [2.24, 2.45) is 0 Å². The summed E-state index contributed by atoms with van der Waals surface area (Å²) in [6.07, 6.45) is -0.645. The molecule has 1 aromatic rings. The van der Waals surface area contributed by atoms with Crippen LogP contribution in [-0.2, 0) is 14.6 Å². The molecule has 20 heavy (non-hydrogen) atoms. The third-order valence-corrected chi connectivity index (χ3v) is 4.94. The van der Waals surface area contributed by atoms with Crippen molar-refractivity contribution in [1.82, 2.24) is 0 Å². The summed E-state index contributed by atoms with van der Waals surface area (Å²) in [6.45, 7) is 3.35. The molecule has 1 unspecified atom stereocenters. The molecular weight excluding hydrogens is 280 g/mol. The predicted octanol–water partition coefficient (Wildman–Crippen LogP) is 0.817. The highest BCUT2D eigenvalue weighted by Gasteiger charge is 2.32. The van der Waals surface area contributed by atoms with Gasteiger partial charge in [-0.1, -0.05) is 6.92 Å². The zero-order valence-electron chi connectivity index (χ0n) is 11.5. The zero-order valence-corrected chi connectivity index (χ0v) is 12.3. The third kappa shape index (κ3) is 2.87. The van der Waals surface area contributed by atoms with Crippen LogP contribution in [0.15, 0.2) is 18.2 Å². The number of nitrogens with zero attached hydrogens (tertiary/aromatic N) is 1. The number of carbonyl (C=O) groups is 1. The summed E-state index contributed by atoms with van der Waals surface area (Å²) in [5.41, 5.74) is 6.79. The van der Waals surface area contributed by atoms with Gasteiger partial charge in [-0.15, -0.1) is 0 Å². The summed E-state index contributed by atoms with van der Waals surface area (Å²) in [5, 5.41) is 0. The minimum absolute atomic E-state index is 0.0637. The molecule has 1 heterocycles. The van der Waals surface area contributed by atoms with E-state index in [0.717, 1.165) is 0 Å². The largest absolute Gasteiger partial charge is 0.479 e. The average molecular weight is 298 g/mol. The van der Waals surface area contributed by atoms with Crippen LogP contribution >= 0.6 is 0 Å². The number of ether oxygens (including phenoxy) is 1. The number of hydrogen-bond donors (Lipinski definition) is 1. The van der Waals surface area contributed by atoms with Gasteiger partial charge in [-0.25, -0.2) is 8.42 Å². The summed E-state index contributed by atoms with van der Waals surface area (Å²) in [5.74, 6) is 0.265. The maximum atomic E-state index is 12.2. The van der Waals surface area contributed by atoms with Crippen LogP contribution in [0.1, 0.15) is 13.8 Å². The molecular formula is C13H18N2O4S. The molecule has 1 aliphatic rings. The van der Waals surface area contributed by atoms with Crippen molar-refractivity contribution in [3.8, 4) is 5.75 Å². The average Bonchev–Trinajstić information content (AvgIpc) is 2.39. The Labute approximate surface area is 118 Å². The van der Waals surface area contributed by atoms with E-state index in [1.165, 1.54) is 4.90 Å². The molecule has 0 bridgehead atoms. The number of sulfone groups is 1. The summed E-state index contributed by atoms with van der Waals surface area (Å²) < 4.78 is 28.7. The number of fused-ring (bicyclic) bond motifs is 1. The van der Waals surface area contributed by atoms with Crippen LogP contribution in [-0.4, -0.2) is 38.5 Å². The van der Waals surface area contributed by atoms with Crippen molar-refractivity contribution in [3.05, 3.63) is 18.2 Å². The Hall–Kier alpha value is -1.76. The molecule has 2 N–H and O–H groups in total. The summed E-state index contributed by atoms with van der Waals surface area (Å²) in [7, 11) is -3.13. The molecule has 1 aliphatic heterocycles. The molecule has 0 aliphatic carbocycles. The number of amides is 1. The van der Waals surface area contributed by atoms with Gasteiger partial charge in [0, 0.05) is 24.1 Å². The van der Waals surface area contributed by atoms with Gasteiger partial charge in [-0.2, -0.15) is 0 Å². The quantitative estimate of drug-likeness (QED) is 0.831. The molecule has 0 spiro atoms. The van der Waals surface area contributed by atoms with Crippen LogP contribution in [0.5, 0.6) is 5.75 Å². The fourth-order valence-electron chi connectivity index (χ4n) is 2.03. The number of carbonyl (C=O) groups excluding carboxylic acids is 1. The molecule has 0 fully saturated rings. The summed E-state index contributed by atoms with van der Waals surface area (Å²) in [6, 6.07) is 4.97. The molecule has 7 heteroatoms. The molecule has 6 nitrogen and oxygen atoms in total. The van der Waals surface area contributed by atoms with Gasteiger partial charge in [-0.3, -0.25) is 4.79 Å². The summed E-state index contributed by atoms with van der Waals surface area (Å²) >= 11 is 0. The Morgan fingerprint density at radius 1 is 1.40 bits per heavy atom. The first-order chi connectivity index (χ1) is 9.34. The highest BCUT2D eigenvalue weighted by atomic mass is 32.2. The molecule has 1 atom stereocenters. The zero-order chi connectivity index (χ0) is 14.9. The van der Waals surface area contributed by atoms with Gasteiger partial charge in [-0.05, 0) is 19.1 Å². The number of hydrogen-bond acceptors (Lipinski definition) is 5. The van der Waals surface area contributed by atoms with Crippen LogP contribution in [0, 0.1) is 0 Å². The molecule has 0 saturated carbocycles. The van der Waals surface area contributed by atoms with E-state index in [1.807, 2.05) is 0 Å². The van der Waals surface area contributed by atoms with Gasteiger partial charge in [0.05, 0.1) is 11.4 Å². The van der Waals surface area contributed by atoms with E-state index in [1.54, 1.807) is 32.0 Å². The van der Waals surface area contributed by atoms with E-state index >= 15 is 0 Å². The second-order valence-corrected chi connectivity index (χ2v) is 7.19. The molecule has 110 valence electrons. The predicted molar refractivity (Wildman–Crippen MR) is 77.6 cm³/mol. The van der Waals surface area contributed by atoms with Gasteiger partial charge in [0.1, 0.15) is 5.75 Å². The first-order valence-electron chi connectivity index (χ1n) is 6.42. The fraction of sp³-hybridized carbons (Fsp3) is 0.462. The number of anilines is 2. The standard InChI is InChI=1S/C13H18N2O4S/c1-3-20(17,18)7-6-15-11-5-4-10(14)8-12(11)19-9(2)13(15)16/h4-5,8-9H,3,6-7,14H2,1-2H3. The van der Waals surface area contributed by atoms with E-state index in [2.05, 4.69) is 0 Å². The Balaban J connectivity index is 2.30. The van der Waals surface area contributed by atoms with E-state index in [9.17, 15) is 13.2 Å². The van der Waals surface area contributed by atoms with Crippen molar-refractivity contribution in [2.45, 2.75) is 20.0 Å². The van der Waals surface area contributed by atoms with E-state index in [-0.39, 0.29) is 24.0 Å². The lowest BCUT2D eigenvalue weighted by atomic mass is 10.1. The van der Waals surface area contributed by atoms with Gasteiger partial charge < -0.3 is 15.4 Å². The minimum atomic E-state index is -3.13. The van der Waals surface area contributed by atoms with Crippen LogP contribution < -0.4 is 15.4 Å². The Kier molecular flexibility index (Phi) is 3.89. The topological polar surface area (TPSA) is 89.7 Å². The summed E-state index contributed by atoms with van der Waals surface area (Å²) in [4.78, 5) is 13.6. The van der Waals surface area contributed by atoms with Gasteiger partial charge in [0.2, 0.25) is 0 Å². The van der Waals surface area contributed by atoms with Crippen molar-refractivity contribution >= 4 is 27.1 Å². The number of nitrogen functional groups attached to an aromatic ring is 1. The van der Waals surface area contributed by atoms with Crippen LogP contribution in [0.25, 0.3) is 0 Å². The highest BCUT2D eigenvalue weighted by Crippen LogP contribution is 2.35. The van der Waals surface area contributed by atoms with Gasteiger partial charge in [0.25, 0.3) is 5.91 Å². The van der Waals surface area contributed by atoms with Gasteiger partial charge >= 0.3 is 0 Å². The maximum Gasteiger partial charge on any atom is 0.267 e. The van der Waals surface area contributed by atoms with Crippen molar-refractivity contribution in [1.29, 1.82) is 0 Å². The minimum Gasteiger partial charge on any atom is -0.479 e. The molecule has 0 aromatic heterocycles. The lowest BCUT2D eigenvalue weighted by molar-refractivity contribution is -0.125. The molecule has 0 saturated heterocycles. The highest BCUT2D eigenvalue weighted by molar-refractivity contribution is 7.91. The SMILES string of the molecule is CCS(=O)(=O)CCN1C(=O)C(C)Oc2cc(N)ccc21. The van der Waals surface area contributed by atoms with Crippen molar-refractivity contribution in [3.63, 3.8) is 0 Å². The molecule has 1 aromatic carbocycles. The maximum absolute atomic E-state index is 12.2. The van der Waals surface area contributed by atoms with E-state index in [4.69, 9.17) is 10.5 Å². The Morgan fingerprint density at radius 3 is 2.75 bits per heavy atom. The Morgan fingerprint density at radius 2 is 2.10 bits per heavy atom. The molecule has 0 radical (unpaired) electrons. The number of rotatable bonds is 4. The third-order valence-electron chi connectivity index (χ3n) is 3.26. The molecule has 1 amide bonds. The fourth-order valence-corrected chi connectivity index (χ4v) is 2.78. The van der Waals surface area contributed by atoms with Crippen LogP contribution in [0.4, 0.5) is 11.4 Å². The lowest BCUT2D eigenvalue weighted by Gasteiger charge is -2.33. The second kappa shape index (κ2) is 5.32. The van der Waals surface area contributed by atoms with E-state index in [0.29, 0.717) is 17.1 Å². The van der Waals surface area contributed by atoms with Crippen LogP contribution in [0.3, 0.4) is 0 Å². The van der Waals surface area contributed by atoms with E-state index < -0.39 is 15.9 Å². The molecule has 2 rings (SSSR count). The lowest BCUT2D eigenvalue weighted by Crippen LogP contribution is -2.46. The van der Waals surface area contributed by atoms with Crippen molar-refractivity contribution < 1.29 is 17.9 Å². The number of nitrogens with two attached hydrogens (primary N) is 1. The number of benzene rings is 1. The first kappa shape index (κ1) is 14.6. The normalized spacial score (nSPS) is 18.6. The first-order valence-corrected chi connectivity index (χ1v) is 8.24. The second-order valence-electron chi connectivity index (χ2n) is 4.71. The monoisotopic (exact) mass is 298 g/mol. The van der Waals surface area contributed by atoms with Gasteiger partial charge in [0.15, 0.2) is 15.9 Å². The van der Waals surface area contributed by atoms with Crippen molar-refractivity contribution in [2.75, 3.05) is 28.7 Å².